The van der Waals surface area contributed by atoms with Gasteiger partial charge < -0.3 is 10.6 Å². The average Bonchev–Trinajstić information content (AvgIpc) is 3.07. The highest BCUT2D eigenvalue weighted by atomic mass is 127. The van der Waals surface area contributed by atoms with Crippen LogP contribution in [0.3, 0.4) is 0 Å². The van der Waals surface area contributed by atoms with E-state index in [1.807, 2.05) is 47.9 Å². The molecule has 0 aliphatic carbocycles. The maximum atomic E-state index is 11.5. The molecule has 3 rings (SSSR count). The summed E-state index contributed by atoms with van der Waals surface area (Å²) in [7, 11) is -3.36. The summed E-state index contributed by atoms with van der Waals surface area (Å²) in [4.78, 5) is 4.56. The van der Waals surface area contributed by atoms with Gasteiger partial charge in [0.2, 0.25) is 10.0 Å². The minimum absolute atomic E-state index is 0. The molecule has 0 saturated carbocycles. The summed E-state index contributed by atoms with van der Waals surface area (Å²) >= 11 is 0. The average molecular weight is 529 g/mol. The summed E-state index contributed by atoms with van der Waals surface area (Å²) in [5, 5.41) is 14.7. The molecule has 9 nitrogen and oxygen atoms in total. The van der Waals surface area contributed by atoms with Gasteiger partial charge in [-0.3, -0.25) is 9.12 Å². The van der Waals surface area contributed by atoms with E-state index in [0.717, 1.165) is 23.3 Å². The topological polar surface area (TPSA) is 113 Å². The fourth-order valence-corrected chi connectivity index (χ4v) is 3.24. The van der Waals surface area contributed by atoms with Crippen LogP contribution in [-0.4, -0.2) is 41.8 Å². The number of fused-ring (bicyclic) bond motifs is 1. The molecule has 0 amide bonds. The summed E-state index contributed by atoms with van der Waals surface area (Å²) in [5.41, 5.74) is 2.08. The van der Waals surface area contributed by atoms with E-state index in [-0.39, 0.29) is 24.0 Å². The van der Waals surface area contributed by atoms with Crippen LogP contribution in [0.2, 0.25) is 0 Å². The van der Waals surface area contributed by atoms with Crippen molar-refractivity contribution in [2.75, 3.05) is 17.5 Å². The molecule has 29 heavy (non-hydrogen) atoms. The van der Waals surface area contributed by atoms with E-state index in [1.165, 1.54) is 0 Å². The highest BCUT2D eigenvalue weighted by Crippen LogP contribution is 2.17. The molecule has 0 spiro atoms. The summed E-state index contributed by atoms with van der Waals surface area (Å²) < 4.78 is 27.5. The van der Waals surface area contributed by atoms with Crippen LogP contribution < -0.4 is 15.4 Å². The Bertz CT molecular complexity index is 1080. The van der Waals surface area contributed by atoms with Gasteiger partial charge in [-0.2, -0.15) is 0 Å². The van der Waals surface area contributed by atoms with E-state index in [2.05, 4.69) is 30.5 Å². The molecule has 2 aromatic heterocycles. The molecular formula is C18H24IN7O2S. The second-order valence-corrected chi connectivity index (χ2v) is 7.87. The van der Waals surface area contributed by atoms with E-state index in [1.54, 1.807) is 12.1 Å². The minimum atomic E-state index is -3.36. The molecule has 0 aliphatic rings. The standard InChI is InChI=1S/C18H23N7O2S.HI/c1-3-19-18(21-13-17-23-22-16-10-6-7-11-25(16)17)20-12-14-8-4-5-9-15(14)24-28(2,26)27;/h4-11,24H,3,12-13H2,1-2H3,(H2,19,20,21);1H. The molecule has 1 aromatic carbocycles. The minimum Gasteiger partial charge on any atom is -0.357 e. The Kier molecular flexibility index (Phi) is 8.20. The highest BCUT2D eigenvalue weighted by Gasteiger charge is 2.08. The quantitative estimate of drug-likeness (QED) is 0.245. The van der Waals surface area contributed by atoms with Crippen molar-refractivity contribution in [2.45, 2.75) is 20.0 Å². The van der Waals surface area contributed by atoms with Crippen molar-refractivity contribution in [3.63, 3.8) is 0 Å². The summed E-state index contributed by atoms with van der Waals surface area (Å²) in [6.45, 7) is 3.42. The summed E-state index contributed by atoms with van der Waals surface area (Å²) in [6, 6.07) is 12.9. The molecule has 0 fully saturated rings. The van der Waals surface area contributed by atoms with Crippen LogP contribution in [0.15, 0.2) is 53.7 Å². The number of nitrogens with one attached hydrogen (secondary N) is 3. The number of aliphatic imine (C=N–C) groups is 1. The number of sulfonamides is 1. The normalized spacial score (nSPS) is 11.7. The molecule has 3 aromatic rings. The van der Waals surface area contributed by atoms with E-state index in [9.17, 15) is 8.42 Å². The van der Waals surface area contributed by atoms with Gasteiger partial charge in [-0.25, -0.2) is 13.4 Å². The largest absolute Gasteiger partial charge is 0.357 e. The lowest BCUT2D eigenvalue weighted by Crippen LogP contribution is -2.37. The fraction of sp³-hybridized carbons (Fsp3) is 0.278. The maximum absolute atomic E-state index is 11.5. The van der Waals surface area contributed by atoms with E-state index >= 15 is 0 Å². The first-order chi connectivity index (χ1) is 13.5. The number of hydrogen-bond donors (Lipinski definition) is 3. The number of hydrogen-bond acceptors (Lipinski definition) is 5. The zero-order chi connectivity index (χ0) is 20.0. The van der Waals surface area contributed by atoms with Gasteiger partial charge in [0.15, 0.2) is 17.4 Å². The molecule has 3 N–H and O–H groups in total. The molecule has 11 heteroatoms. The second kappa shape index (κ2) is 10.4. The number of halogens is 1. The van der Waals surface area contributed by atoms with Gasteiger partial charge in [-0.05, 0) is 30.7 Å². The molecule has 156 valence electrons. The first-order valence-electron chi connectivity index (χ1n) is 8.83. The number of nitrogens with zero attached hydrogens (tertiary/aromatic N) is 4. The van der Waals surface area contributed by atoms with Gasteiger partial charge >= 0.3 is 0 Å². The first kappa shape index (κ1) is 22.9. The van der Waals surface area contributed by atoms with Crippen LogP contribution in [0, 0.1) is 0 Å². The van der Waals surface area contributed by atoms with Crippen LogP contribution in [0.4, 0.5) is 5.69 Å². The molecule has 2 heterocycles. The van der Waals surface area contributed by atoms with Crippen molar-refractivity contribution in [2.24, 2.45) is 4.99 Å². The van der Waals surface area contributed by atoms with Crippen molar-refractivity contribution >= 4 is 51.3 Å². The van der Waals surface area contributed by atoms with Gasteiger partial charge in [0.25, 0.3) is 0 Å². The predicted molar refractivity (Wildman–Crippen MR) is 125 cm³/mol. The van der Waals surface area contributed by atoms with Crippen molar-refractivity contribution < 1.29 is 8.42 Å². The Morgan fingerprint density at radius 2 is 1.86 bits per heavy atom. The Balaban J connectivity index is 0.00000300. The highest BCUT2D eigenvalue weighted by molar-refractivity contribution is 14.0. The number of rotatable bonds is 7. The molecule has 0 saturated heterocycles. The lowest BCUT2D eigenvalue weighted by atomic mass is 10.2. The third-order valence-electron chi connectivity index (χ3n) is 3.86. The van der Waals surface area contributed by atoms with Gasteiger partial charge in [0, 0.05) is 12.7 Å². The summed E-state index contributed by atoms with van der Waals surface area (Å²) in [5.74, 6) is 1.37. The van der Waals surface area contributed by atoms with Crippen molar-refractivity contribution in [3.8, 4) is 0 Å². The number of guanidine groups is 1. The lowest BCUT2D eigenvalue weighted by molar-refractivity contribution is 0.606. The molecule has 0 radical (unpaired) electrons. The van der Waals surface area contributed by atoms with Crippen LogP contribution >= 0.6 is 24.0 Å². The molecular weight excluding hydrogens is 505 g/mol. The third kappa shape index (κ3) is 6.56. The Hall–Kier alpha value is -2.41. The van der Waals surface area contributed by atoms with Crippen molar-refractivity contribution in [3.05, 3.63) is 60.0 Å². The van der Waals surface area contributed by atoms with E-state index in [0.29, 0.717) is 31.3 Å². The number of para-hydroxylation sites is 1. The van der Waals surface area contributed by atoms with Gasteiger partial charge in [0.05, 0.1) is 25.0 Å². The second-order valence-electron chi connectivity index (χ2n) is 6.13. The lowest BCUT2D eigenvalue weighted by Gasteiger charge is -2.12. The molecule has 0 atom stereocenters. The molecule has 0 aliphatic heterocycles. The summed E-state index contributed by atoms with van der Waals surface area (Å²) in [6.07, 6.45) is 3.03. The van der Waals surface area contributed by atoms with Crippen LogP contribution in [0.5, 0.6) is 0 Å². The number of anilines is 1. The van der Waals surface area contributed by atoms with E-state index < -0.39 is 10.0 Å². The van der Waals surface area contributed by atoms with Crippen molar-refractivity contribution in [1.82, 2.24) is 25.2 Å². The van der Waals surface area contributed by atoms with Gasteiger partial charge in [0.1, 0.15) is 0 Å². The zero-order valence-corrected chi connectivity index (χ0v) is 19.3. The van der Waals surface area contributed by atoms with Crippen LogP contribution in [-0.2, 0) is 23.1 Å². The van der Waals surface area contributed by atoms with Gasteiger partial charge in [-0.1, -0.05) is 24.3 Å². The third-order valence-corrected chi connectivity index (χ3v) is 4.45. The maximum Gasteiger partial charge on any atom is 0.229 e. The monoisotopic (exact) mass is 529 g/mol. The fourth-order valence-electron chi connectivity index (χ4n) is 2.64. The Morgan fingerprint density at radius 1 is 1.10 bits per heavy atom. The smallest absolute Gasteiger partial charge is 0.229 e. The Morgan fingerprint density at radius 3 is 2.62 bits per heavy atom. The first-order valence-corrected chi connectivity index (χ1v) is 10.7. The number of aromatic nitrogens is 3. The number of benzene rings is 1. The Labute approximate surface area is 187 Å². The van der Waals surface area contributed by atoms with Gasteiger partial charge in [-0.15, -0.1) is 34.2 Å². The predicted octanol–water partition coefficient (Wildman–Crippen LogP) is 1.97. The molecule has 0 bridgehead atoms. The van der Waals surface area contributed by atoms with Crippen molar-refractivity contribution in [1.29, 1.82) is 0 Å². The van der Waals surface area contributed by atoms with E-state index in [4.69, 9.17) is 0 Å². The number of pyridine rings is 1. The van der Waals surface area contributed by atoms with Crippen LogP contribution in [0.25, 0.3) is 5.65 Å². The van der Waals surface area contributed by atoms with Crippen LogP contribution in [0.1, 0.15) is 18.3 Å². The molecule has 0 unspecified atom stereocenters. The zero-order valence-electron chi connectivity index (χ0n) is 16.2. The SMILES string of the molecule is CCNC(=NCc1ccccc1NS(C)(=O)=O)NCc1nnc2ccccn12.I.